The lowest BCUT2D eigenvalue weighted by Crippen LogP contribution is -2.30. The molecule has 0 rings (SSSR count). The number of allylic oxidation sites excluding steroid dienone is 12. The Morgan fingerprint density at radius 1 is 0.280 bits per heavy atom. The topological polar surface area (TPSA) is 78.9 Å². The molecule has 0 N–H and O–H groups in total. The third-order valence-corrected chi connectivity index (χ3v) is 14.2. The summed E-state index contributed by atoms with van der Waals surface area (Å²) in [6.45, 7) is 6.51. The second-order valence-electron chi connectivity index (χ2n) is 21.7. The van der Waals surface area contributed by atoms with Crippen molar-refractivity contribution in [3.63, 3.8) is 0 Å². The number of carbonyl (C=O) groups excluding carboxylic acids is 3. The molecule has 6 heteroatoms. The van der Waals surface area contributed by atoms with Crippen LogP contribution >= 0.6 is 0 Å². The molecule has 0 amide bonds. The third-order valence-electron chi connectivity index (χ3n) is 14.2. The number of hydrogen-bond acceptors (Lipinski definition) is 6. The van der Waals surface area contributed by atoms with E-state index in [1.165, 1.54) is 193 Å². The Morgan fingerprint density at radius 2 is 0.520 bits per heavy atom. The van der Waals surface area contributed by atoms with Gasteiger partial charge in [-0.05, 0) is 70.6 Å². The molecule has 1 unspecified atom stereocenters. The van der Waals surface area contributed by atoms with Gasteiger partial charge in [0, 0.05) is 19.3 Å². The van der Waals surface area contributed by atoms with Gasteiger partial charge in [-0.25, -0.2) is 0 Å². The molecule has 0 spiro atoms. The van der Waals surface area contributed by atoms with Crippen LogP contribution in [-0.2, 0) is 28.6 Å². The van der Waals surface area contributed by atoms with Gasteiger partial charge in [0.25, 0.3) is 0 Å². The first-order valence-corrected chi connectivity index (χ1v) is 32.4. The van der Waals surface area contributed by atoms with Crippen molar-refractivity contribution in [3.05, 3.63) is 72.9 Å². The van der Waals surface area contributed by atoms with Crippen LogP contribution in [0.3, 0.4) is 0 Å². The van der Waals surface area contributed by atoms with E-state index in [0.29, 0.717) is 19.3 Å². The molecule has 0 aliphatic heterocycles. The minimum atomic E-state index is -0.796. The van der Waals surface area contributed by atoms with Crippen LogP contribution in [0.4, 0.5) is 0 Å². The van der Waals surface area contributed by atoms with Gasteiger partial charge in [0.2, 0.25) is 0 Å². The lowest BCUT2D eigenvalue weighted by molar-refractivity contribution is -0.167. The summed E-state index contributed by atoms with van der Waals surface area (Å²) in [6.07, 6.45) is 82.2. The second kappa shape index (κ2) is 63.4. The summed E-state index contributed by atoms with van der Waals surface area (Å²) >= 11 is 0. The summed E-state index contributed by atoms with van der Waals surface area (Å²) in [5.41, 5.74) is 0. The van der Waals surface area contributed by atoms with E-state index in [1.54, 1.807) is 0 Å². The van der Waals surface area contributed by atoms with E-state index in [2.05, 4.69) is 93.7 Å². The molecule has 0 aromatic carbocycles. The predicted octanol–water partition coefficient (Wildman–Crippen LogP) is 22.1. The van der Waals surface area contributed by atoms with E-state index >= 15 is 0 Å². The van der Waals surface area contributed by atoms with Gasteiger partial charge in [0.15, 0.2) is 6.10 Å². The van der Waals surface area contributed by atoms with Crippen LogP contribution in [0, 0.1) is 0 Å². The molecule has 75 heavy (non-hydrogen) atoms. The van der Waals surface area contributed by atoms with Crippen molar-refractivity contribution in [1.29, 1.82) is 0 Å². The van der Waals surface area contributed by atoms with Crippen molar-refractivity contribution in [2.45, 2.75) is 335 Å². The summed E-state index contributed by atoms with van der Waals surface area (Å²) in [7, 11) is 0. The molecule has 0 radical (unpaired) electrons. The number of unbranched alkanes of at least 4 members (excludes halogenated alkanes) is 36. The van der Waals surface area contributed by atoms with E-state index < -0.39 is 6.10 Å². The predicted molar refractivity (Wildman–Crippen MR) is 325 cm³/mol. The maximum absolute atomic E-state index is 12.9. The van der Waals surface area contributed by atoms with Gasteiger partial charge in [-0.15, -0.1) is 0 Å². The molecule has 0 saturated heterocycles. The molecule has 6 nitrogen and oxygen atoms in total. The van der Waals surface area contributed by atoms with E-state index in [0.717, 1.165) is 89.9 Å². The zero-order valence-electron chi connectivity index (χ0n) is 49.8. The van der Waals surface area contributed by atoms with Gasteiger partial charge >= 0.3 is 17.9 Å². The molecular formula is C69H122O6. The van der Waals surface area contributed by atoms with Gasteiger partial charge < -0.3 is 14.2 Å². The van der Waals surface area contributed by atoms with Gasteiger partial charge in [-0.2, -0.15) is 0 Å². The summed E-state index contributed by atoms with van der Waals surface area (Å²) in [5, 5.41) is 0. The molecule has 0 saturated carbocycles. The molecule has 0 heterocycles. The van der Waals surface area contributed by atoms with Crippen LogP contribution in [0.2, 0.25) is 0 Å². The molecular weight excluding hydrogens is 925 g/mol. The number of ether oxygens (including phenoxy) is 3. The Bertz CT molecular complexity index is 1390. The van der Waals surface area contributed by atoms with E-state index in [9.17, 15) is 14.4 Å². The Hall–Kier alpha value is -3.15. The summed E-state index contributed by atoms with van der Waals surface area (Å²) in [6, 6.07) is 0. The second-order valence-corrected chi connectivity index (χ2v) is 21.7. The third kappa shape index (κ3) is 61.6. The average molecular weight is 1050 g/mol. The zero-order chi connectivity index (χ0) is 54.3. The van der Waals surface area contributed by atoms with Gasteiger partial charge in [-0.3, -0.25) is 14.4 Å². The number of rotatable bonds is 59. The zero-order valence-corrected chi connectivity index (χ0v) is 49.8. The molecule has 0 fully saturated rings. The maximum Gasteiger partial charge on any atom is 0.306 e. The van der Waals surface area contributed by atoms with Crippen molar-refractivity contribution < 1.29 is 28.6 Å². The normalized spacial score (nSPS) is 12.5. The van der Waals surface area contributed by atoms with Crippen molar-refractivity contribution >= 4 is 17.9 Å². The highest BCUT2D eigenvalue weighted by molar-refractivity contribution is 5.71. The van der Waals surface area contributed by atoms with Crippen LogP contribution < -0.4 is 0 Å². The molecule has 0 aromatic rings. The highest BCUT2D eigenvalue weighted by Gasteiger charge is 2.19. The first kappa shape index (κ1) is 71.8. The lowest BCUT2D eigenvalue weighted by Gasteiger charge is -2.18. The van der Waals surface area contributed by atoms with Crippen LogP contribution in [0.1, 0.15) is 329 Å². The SMILES string of the molecule is CC/C=C\C/C=C\C/C=C\C/C=C\C/C=C\C/C=C\CCCCC(=O)OC(COC(=O)CCCCCCCCCCC)COC(=O)CCCCCCCCCCCCCCCCCCCCCCCCCCCCC. The quantitative estimate of drug-likeness (QED) is 0.0261. The highest BCUT2D eigenvalue weighted by atomic mass is 16.6. The lowest BCUT2D eigenvalue weighted by atomic mass is 10.0. The first-order valence-electron chi connectivity index (χ1n) is 32.4. The summed E-state index contributed by atoms with van der Waals surface area (Å²) in [4.78, 5) is 38.2. The van der Waals surface area contributed by atoms with Crippen LogP contribution in [-0.4, -0.2) is 37.2 Å². The molecule has 0 aliphatic carbocycles. The van der Waals surface area contributed by atoms with Gasteiger partial charge in [-0.1, -0.05) is 312 Å². The van der Waals surface area contributed by atoms with Crippen LogP contribution in [0.5, 0.6) is 0 Å². The highest BCUT2D eigenvalue weighted by Crippen LogP contribution is 2.18. The number of esters is 3. The molecule has 0 aromatic heterocycles. The maximum atomic E-state index is 12.9. The van der Waals surface area contributed by atoms with Crippen molar-refractivity contribution in [3.8, 4) is 0 Å². The smallest absolute Gasteiger partial charge is 0.306 e. The standard InChI is InChI=1S/C69H122O6/c1-4-7-10-13-16-19-21-23-25-27-29-31-32-33-34-35-36-38-39-41-43-45-47-50-53-56-59-62-68(71)74-65-66(64-73-67(70)61-58-55-52-49-18-15-12-9-6-3)75-69(72)63-60-57-54-51-48-46-44-42-40-37-30-28-26-24-22-20-17-14-11-8-5-2/h8,11,17,20,24,26,30,37,42,44,48,51,66H,4-7,9-10,12-16,18-19,21-23,25,27-29,31-36,38-41,43,45-47,49-50,52-65H2,1-3H3/b11-8-,20-17-,26-24-,37-30-,44-42-,51-48-. The summed E-state index contributed by atoms with van der Waals surface area (Å²) < 4.78 is 16.8. The summed E-state index contributed by atoms with van der Waals surface area (Å²) in [5.74, 6) is -0.921. The number of hydrogen-bond donors (Lipinski definition) is 0. The first-order chi connectivity index (χ1) is 37.0. The van der Waals surface area contributed by atoms with Crippen molar-refractivity contribution in [2.24, 2.45) is 0 Å². The van der Waals surface area contributed by atoms with E-state index in [-0.39, 0.29) is 37.5 Å². The minimum Gasteiger partial charge on any atom is -0.462 e. The van der Waals surface area contributed by atoms with Crippen molar-refractivity contribution in [2.75, 3.05) is 13.2 Å². The van der Waals surface area contributed by atoms with Crippen LogP contribution in [0.25, 0.3) is 0 Å². The molecule has 0 aliphatic rings. The van der Waals surface area contributed by atoms with Crippen molar-refractivity contribution in [1.82, 2.24) is 0 Å². The molecule has 1 atom stereocenters. The van der Waals surface area contributed by atoms with E-state index in [1.807, 2.05) is 0 Å². The monoisotopic (exact) mass is 1050 g/mol. The Morgan fingerprint density at radius 3 is 0.813 bits per heavy atom. The Balaban J connectivity index is 4.21. The fourth-order valence-corrected chi connectivity index (χ4v) is 9.39. The average Bonchev–Trinajstić information content (AvgIpc) is 3.41. The Labute approximate surface area is 465 Å². The van der Waals surface area contributed by atoms with E-state index in [4.69, 9.17) is 14.2 Å². The van der Waals surface area contributed by atoms with Gasteiger partial charge in [0.05, 0.1) is 0 Å². The van der Waals surface area contributed by atoms with Crippen LogP contribution in [0.15, 0.2) is 72.9 Å². The Kier molecular flexibility index (Phi) is 60.7. The minimum absolute atomic E-state index is 0.0894. The van der Waals surface area contributed by atoms with Gasteiger partial charge in [0.1, 0.15) is 13.2 Å². The fraction of sp³-hybridized carbons (Fsp3) is 0.783. The molecule has 0 bridgehead atoms. The molecule has 434 valence electrons. The largest absolute Gasteiger partial charge is 0.462 e. The number of carbonyl (C=O) groups is 3. The fourth-order valence-electron chi connectivity index (χ4n) is 9.39.